The molecule has 0 radical (unpaired) electrons. The number of hydrogen-bond donors (Lipinski definition) is 1. The molecule has 3 nitrogen and oxygen atoms in total. The van der Waals surface area contributed by atoms with E-state index in [0.717, 1.165) is 11.2 Å². The van der Waals surface area contributed by atoms with Gasteiger partial charge in [-0.25, -0.2) is 4.98 Å². The van der Waals surface area contributed by atoms with Crippen LogP contribution in [-0.4, -0.2) is 9.38 Å². The Morgan fingerprint density at radius 2 is 2.09 bits per heavy atom. The molecule has 0 saturated carbocycles. The molecule has 0 aromatic carbocycles. The molecule has 2 heterocycles. The van der Waals surface area contributed by atoms with E-state index in [9.17, 15) is 0 Å². The number of fused-ring (bicyclic) bond motifs is 1. The first kappa shape index (κ1) is 6.22. The van der Waals surface area contributed by atoms with Gasteiger partial charge in [0.25, 0.3) is 0 Å². The monoisotopic (exact) mass is 147 g/mol. The van der Waals surface area contributed by atoms with E-state index in [0.29, 0.717) is 5.82 Å². The fraction of sp³-hybridized carbons (Fsp3) is 0.125. The standard InChI is InChI=1S/C8H9N3/c1-6-2-4-11-5-3-7(9)10-8(6)11/h2-5H,1H3,(H2,9,10). The third-order valence-electron chi connectivity index (χ3n) is 1.72. The molecule has 0 spiro atoms. The van der Waals surface area contributed by atoms with Gasteiger partial charge in [-0.15, -0.1) is 0 Å². The first-order chi connectivity index (χ1) is 5.27. The summed E-state index contributed by atoms with van der Waals surface area (Å²) in [7, 11) is 0. The van der Waals surface area contributed by atoms with Crippen LogP contribution in [0.25, 0.3) is 5.65 Å². The molecule has 0 atom stereocenters. The number of aromatic nitrogens is 2. The van der Waals surface area contributed by atoms with Gasteiger partial charge < -0.3 is 10.1 Å². The van der Waals surface area contributed by atoms with Crippen molar-refractivity contribution in [3.8, 4) is 0 Å². The van der Waals surface area contributed by atoms with Crippen molar-refractivity contribution in [2.45, 2.75) is 6.92 Å². The number of nitrogen functional groups attached to an aromatic ring is 1. The Labute approximate surface area is 64.5 Å². The molecule has 56 valence electrons. The van der Waals surface area contributed by atoms with Crippen molar-refractivity contribution >= 4 is 11.5 Å². The normalized spacial score (nSPS) is 10.6. The Bertz CT molecular complexity index is 389. The fourth-order valence-corrected chi connectivity index (χ4v) is 1.12. The predicted molar refractivity (Wildman–Crippen MR) is 44.3 cm³/mol. The van der Waals surface area contributed by atoms with Gasteiger partial charge in [0.05, 0.1) is 0 Å². The zero-order chi connectivity index (χ0) is 7.84. The summed E-state index contributed by atoms with van der Waals surface area (Å²) < 4.78 is 1.95. The summed E-state index contributed by atoms with van der Waals surface area (Å²) in [5.41, 5.74) is 7.61. The van der Waals surface area contributed by atoms with E-state index in [1.807, 2.05) is 29.8 Å². The minimum Gasteiger partial charge on any atom is -0.384 e. The van der Waals surface area contributed by atoms with E-state index in [-0.39, 0.29) is 0 Å². The van der Waals surface area contributed by atoms with Gasteiger partial charge in [-0.3, -0.25) is 0 Å². The van der Waals surface area contributed by atoms with Crippen molar-refractivity contribution in [3.63, 3.8) is 0 Å². The third-order valence-corrected chi connectivity index (χ3v) is 1.72. The van der Waals surface area contributed by atoms with Crippen molar-refractivity contribution < 1.29 is 0 Å². The van der Waals surface area contributed by atoms with E-state index in [1.165, 1.54) is 0 Å². The lowest BCUT2D eigenvalue weighted by Gasteiger charge is -1.95. The van der Waals surface area contributed by atoms with Crippen LogP contribution in [0.2, 0.25) is 0 Å². The van der Waals surface area contributed by atoms with Crippen molar-refractivity contribution in [3.05, 3.63) is 30.1 Å². The number of anilines is 1. The minimum absolute atomic E-state index is 0.569. The SMILES string of the molecule is Cc1ccn2ccc(N)nc12. The molecule has 3 heteroatoms. The summed E-state index contributed by atoms with van der Waals surface area (Å²) >= 11 is 0. The highest BCUT2D eigenvalue weighted by Gasteiger charge is 1.97. The summed E-state index contributed by atoms with van der Waals surface area (Å²) in [6.45, 7) is 2.02. The van der Waals surface area contributed by atoms with E-state index in [2.05, 4.69) is 4.98 Å². The van der Waals surface area contributed by atoms with E-state index >= 15 is 0 Å². The molecule has 2 N–H and O–H groups in total. The van der Waals surface area contributed by atoms with Gasteiger partial charge in [0.2, 0.25) is 0 Å². The summed E-state index contributed by atoms with van der Waals surface area (Å²) in [6, 6.07) is 3.80. The highest BCUT2D eigenvalue weighted by molar-refractivity contribution is 5.51. The molecule has 0 unspecified atom stereocenters. The number of aryl methyl sites for hydroxylation is 1. The lowest BCUT2D eigenvalue weighted by molar-refractivity contribution is 1.13. The topological polar surface area (TPSA) is 43.3 Å². The molecule has 0 aliphatic carbocycles. The molecule has 0 saturated heterocycles. The largest absolute Gasteiger partial charge is 0.384 e. The number of nitrogens with zero attached hydrogens (tertiary/aromatic N) is 2. The maximum atomic E-state index is 5.53. The maximum Gasteiger partial charge on any atom is 0.141 e. The third kappa shape index (κ3) is 0.852. The molecular weight excluding hydrogens is 138 g/mol. The molecule has 2 aromatic heterocycles. The molecule has 0 aliphatic heterocycles. The van der Waals surface area contributed by atoms with Gasteiger partial charge in [0, 0.05) is 12.4 Å². The van der Waals surface area contributed by atoms with Crippen LogP contribution < -0.4 is 5.73 Å². The summed E-state index contributed by atoms with van der Waals surface area (Å²) in [6.07, 6.45) is 3.88. The van der Waals surface area contributed by atoms with E-state index in [4.69, 9.17) is 5.73 Å². The molecule has 11 heavy (non-hydrogen) atoms. The average molecular weight is 147 g/mol. The molecule has 2 aromatic rings. The van der Waals surface area contributed by atoms with Gasteiger partial charge in [-0.05, 0) is 24.6 Å². The fourth-order valence-electron chi connectivity index (χ4n) is 1.12. The molecule has 0 bridgehead atoms. The number of hydrogen-bond acceptors (Lipinski definition) is 2. The second-order valence-electron chi connectivity index (χ2n) is 2.58. The molecular formula is C8H9N3. The van der Waals surface area contributed by atoms with Crippen molar-refractivity contribution in [1.29, 1.82) is 0 Å². The van der Waals surface area contributed by atoms with Crippen LogP contribution in [0.1, 0.15) is 5.56 Å². The van der Waals surface area contributed by atoms with Gasteiger partial charge in [0.1, 0.15) is 11.5 Å². The van der Waals surface area contributed by atoms with Gasteiger partial charge in [0.15, 0.2) is 0 Å². The van der Waals surface area contributed by atoms with E-state index in [1.54, 1.807) is 6.07 Å². The molecule has 0 amide bonds. The Hall–Kier alpha value is -1.51. The second kappa shape index (κ2) is 1.99. The van der Waals surface area contributed by atoms with Crippen LogP contribution in [-0.2, 0) is 0 Å². The first-order valence-electron chi connectivity index (χ1n) is 3.47. The van der Waals surface area contributed by atoms with Crippen LogP contribution in [0.15, 0.2) is 24.5 Å². The first-order valence-corrected chi connectivity index (χ1v) is 3.47. The van der Waals surface area contributed by atoms with Crippen LogP contribution in [0.3, 0.4) is 0 Å². The van der Waals surface area contributed by atoms with Crippen molar-refractivity contribution in [2.24, 2.45) is 0 Å². The van der Waals surface area contributed by atoms with Crippen LogP contribution in [0, 0.1) is 6.92 Å². The highest BCUT2D eigenvalue weighted by atomic mass is 15.0. The second-order valence-corrected chi connectivity index (χ2v) is 2.58. The van der Waals surface area contributed by atoms with Gasteiger partial charge in [-0.1, -0.05) is 0 Å². The van der Waals surface area contributed by atoms with Crippen LogP contribution in [0.5, 0.6) is 0 Å². The lowest BCUT2D eigenvalue weighted by atomic mass is 10.4. The quantitative estimate of drug-likeness (QED) is 0.609. The zero-order valence-corrected chi connectivity index (χ0v) is 6.28. The minimum atomic E-state index is 0.569. The van der Waals surface area contributed by atoms with Crippen molar-refractivity contribution in [2.75, 3.05) is 5.73 Å². The Kier molecular flexibility index (Phi) is 1.12. The number of nitrogens with two attached hydrogens (primary N) is 1. The summed E-state index contributed by atoms with van der Waals surface area (Å²) in [4.78, 5) is 4.18. The van der Waals surface area contributed by atoms with Crippen molar-refractivity contribution in [1.82, 2.24) is 9.38 Å². The Morgan fingerprint density at radius 3 is 2.91 bits per heavy atom. The molecule has 0 fully saturated rings. The predicted octanol–water partition coefficient (Wildman–Crippen LogP) is 1.22. The highest BCUT2D eigenvalue weighted by Crippen LogP contribution is 2.09. The average Bonchev–Trinajstić information content (AvgIpc) is 2.33. The van der Waals surface area contributed by atoms with Crippen LogP contribution in [0.4, 0.5) is 5.82 Å². The van der Waals surface area contributed by atoms with Gasteiger partial charge in [-0.2, -0.15) is 0 Å². The van der Waals surface area contributed by atoms with E-state index < -0.39 is 0 Å². The summed E-state index contributed by atoms with van der Waals surface area (Å²) in [5, 5.41) is 0. The summed E-state index contributed by atoms with van der Waals surface area (Å²) in [5.74, 6) is 0.569. The van der Waals surface area contributed by atoms with Gasteiger partial charge >= 0.3 is 0 Å². The van der Waals surface area contributed by atoms with Crippen LogP contribution >= 0.6 is 0 Å². The Morgan fingerprint density at radius 1 is 1.36 bits per heavy atom. The lowest BCUT2D eigenvalue weighted by Crippen LogP contribution is -1.93. The molecule has 2 rings (SSSR count). The molecule has 0 aliphatic rings. The Balaban J connectivity index is 2.87. The smallest absolute Gasteiger partial charge is 0.141 e. The maximum absolute atomic E-state index is 5.53. The zero-order valence-electron chi connectivity index (χ0n) is 6.28. The number of rotatable bonds is 0.